The van der Waals surface area contributed by atoms with Crippen molar-refractivity contribution < 1.29 is 9.47 Å². The molecule has 1 fully saturated rings. The van der Waals surface area contributed by atoms with Gasteiger partial charge in [-0.2, -0.15) is 0 Å². The number of nitrogens with one attached hydrogen (secondary N) is 2. The van der Waals surface area contributed by atoms with Crippen LogP contribution in [-0.2, 0) is 9.47 Å². The fraction of sp³-hybridized carbons (Fsp3) is 0.944. The van der Waals surface area contributed by atoms with E-state index in [1.165, 1.54) is 38.8 Å². The SMILES string of the molecule is CCCCOCCOCCNC(=NC)NCC(CC)N1CCCC1.I. The smallest absolute Gasteiger partial charge is 0.191 e. The molecule has 0 aromatic carbocycles. The minimum absolute atomic E-state index is 0. The van der Waals surface area contributed by atoms with E-state index in [0.29, 0.717) is 25.9 Å². The van der Waals surface area contributed by atoms with Crippen molar-refractivity contribution in [1.29, 1.82) is 0 Å². The van der Waals surface area contributed by atoms with E-state index < -0.39 is 0 Å². The molecule has 1 aliphatic rings. The monoisotopic (exact) mass is 470 g/mol. The molecule has 1 heterocycles. The molecule has 0 bridgehead atoms. The quantitative estimate of drug-likeness (QED) is 0.188. The number of rotatable bonds is 13. The second-order valence-corrected chi connectivity index (χ2v) is 6.26. The highest BCUT2D eigenvalue weighted by Crippen LogP contribution is 2.13. The zero-order valence-electron chi connectivity index (χ0n) is 16.4. The van der Waals surface area contributed by atoms with Crippen molar-refractivity contribution in [3.63, 3.8) is 0 Å². The zero-order chi connectivity index (χ0) is 17.5. The maximum absolute atomic E-state index is 5.56. The van der Waals surface area contributed by atoms with Gasteiger partial charge in [0.1, 0.15) is 0 Å². The Kier molecular flexibility index (Phi) is 17.2. The van der Waals surface area contributed by atoms with Crippen LogP contribution in [0.5, 0.6) is 0 Å². The fourth-order valence-electron chi connectivity index (χ4n) is 2.88. The minimum Gasteiger partial charge on any atom is -0.379 e. The zero-order valence-corrected chi connectivity index (χ0v) is 18.7. The van der Waals surface area contributed by atoms with Crippen LogP contribution >= 0.6 is 24.0 Å². The predicted molar refractivity (Wildman–Crippen MR) is 116 cm³/mol. The Morgan fingerprint density at radius 2 is 1.72 bits per heavy atom. The lowest BCUT2D eigenvalue weighted by Crippen LogP contribution is -2.46. The summed E-state index contributed by atoms with van der Waals surface area (Å²) < 4.78 is 11.0. The third-order valence-electron chi connectivity index (χ3n) is 4.41. The molecule has 7 heteroatoms. The van der Waals surface area contributed by atoms with Gasteiger partial charge in [-0.15, -0.1) is 24.0 Å². The molecule has 0 spiro atoms. The van der Waals surface area contributed by atoms with Gasteiger partial charge >= 0.3 is 0 Å². The van der Waals surface area contributed by atoms with Crippen LogP contribution in [0.4, 0.5) is 0 Å². The van der Waals surface area contributed by atoms with E-state index in [0.717, 1.165) is 32.1 Å². The Morgan fingerprint density at radius 1 is 1.04 bits per heavy atom. The van der Waals surface area contributed by atoms with Gasteiger partial charge in [0.25, 0.3) is 0 Å². The molecular formula is C18H39IN4O2. The van der Waals surface area contributed by atoms with E-state index in [2.05, 4.69) is 34.4 Å². The number of likely N-dealkylation sites (tertiary alicyclic amines) is 1. The molecule has 0 aromatic rings. The number of aliphatic imine (C=N–C) groups is 1. The Labute approximate surface area is 171 Å². The fourth-order valence-corrected chi connectivity index (χ4v) is 2.88. The summed E-state index contributed by atoms with van der Waals surface area (Å²) >= 11 is 0. The van der Waals surface area contributed by atoms with Gasteiger partial charge < -0.3 is 20.1 Å². The number of guanidine groups is 1. The summed E-state index contributed by atoms with van der Waals surface area (Å²) in [5.41, 5.74) is 0. The average molecular weight is 470 g/mol. The maximum Gasteiger partial charge on any atom is 0.191 e. The number of unbranched alkanes of at least 4 members (excludes halogenated alkanes) is 1. The molecular weight excluding hydrogens is 431 g/mol. The van der Waals surface area contributed by atoms with E-state index in [-0.39, 0.29) is 24.0 Å². The Bertz CT molecular complexity index is 326. The lowest BCUT2D eigenvalue weighted by atomic mass is 10.2. The summed E-state index contributed by atoms with van der Waals surface area (Å²) in [4.78, 5) is 6.87. The predicted octanol–water partition coefficient (Wildman–Crippen LogP) is 2.48. The van der Waals surface area contributed by atoms with Crippen molar-refractivity contribution in [2.45, 2.75) is 52.0 Å². The molecule has 6 nitrogen and oxygen atoms in total. The molecule has 0 radical (unpaired) electrons. The summed E-state index contributed by atoms with van der Waals surface area (Å²) in [5.74, 6) is 0.857. The first-order valence-electron chi connectivity index (χ1n) is 9.65. The highest BCUT2D eigenvalue weighted by atomic mass is 127. The van der Waals surface area contributed by atoms with Crippen LogP contribution in [0.3, 0.4) is 0 Å². The molecule has 0 amide bonds. The standard InChI is InChI=1S/C18H38N4O2.HI/c1-4-6-12-23-14-15-24-13-9-20-18(19-3)21-16-17(5-2)22-10-7-8-11-22;/h17H,4-16H2,1-3H3,(H2,19,20,21);1H. The van der Waals surface area contributed by atoms with Crippen LogP contribution in [0.1, 0.15) is 46.0 Å². The Morgan fingerprint density at radius 3 is 2.32 bits per heavy atom. The Balaban J connectivity index is 0.00000576. The van der Waals surface area contributed by atoms with Gasteiger partial charge in [0, 0.05) is 32.8 Å². The van der Waals surface area contributed by atoms with Gasteiger partial charge in [-0.3, -0.25) is 9.89 Å². The molecule has 1 unspecified atom stereocenters. The number of nitrogens with zero attached hydrogens (tertiary/aromatic N) is 2. The number of ether oxygens (including phenoxy) is 2. The highest BCUT2D eigenvalue weighted by molar-refractivity contribution is 14.0. The molecule has 1 aliphatic heterocycles. The van der Waals surface area contributed by atoms with E-state index in [1.54, 1.807) is 0 Å². The third kappa shape index (κ3) is 12.0. The lowest BCUT2D eigenvalue weighted by molar-refractivity contribution is 0.0487. The number of hydrogen-bond donors (Lipinski definition) is 2. The van der Waals surface area contributed by atoms with Crippen molar-refractivity contribution in [2.75, 3.05) is 59.7 Å². The second kappa shape index (κ2) is 17.3. The molecule has 1 atom stereocenters. The van der Waals surface area contributed by atoms with Crippen molar-refractivity contribution in [1.82, 2.24) is 15.5 Å². The van der Waals surface area contributed by atoms with E-state index in [9.17, 15) is 0 Å². The average Bonchev–Trinajstić information content (AvgIpc) is 3.13. The van der Waals surface area contributed by atoms with E-state index >= 15 is 0 Å². The van der Waals surface area contributed by atoms with Gasteiger partial charge in [0.2, 0.25) is 0 Å². The molecule has 1 rings (SSSR count). The van der Waals surface area contributed by atoms with Crippen LogP contribution in [-0.4, -0.2) is 76.6 Å². The third-order valence-corrected chi connectivity index (χ3v) is 4.41. The normalized spacial score (nSPS) is 16.5. The summed E-state index contributed by atoms with van der Waals surface area (Å²) in [6.07, 6.45) is 6.14. The first-order chi connectivity index (χ1) is 11.8. The van der Waals surface area contributed by atoms with Crippen molar-refractivity contribution in [3.05, 3.63) is 0 Å². The molecule has 0 aromatic heterocycles. The molecule has 0 saturated carbocycles. The van der Waals surface area contributed by atoms with Crippen LogP contribution < -0.4 is 10.6 Å². The van der Waals surface area contributed by atoms with Crippen LogP contribution in [0, 0.1) is 0 Å². The highest BCUT2D eigenvalue weighted by Gasteiger charge is 2.20. The molecule has 150 valence electrons. The van der Waals surface area contributed by atoms with Crippen LogP contribution in [0.2, 0.25) is 0 Å². The molecule has 25 heavy (non-hydrogen) atoms. The van der Waals surface area contributed by atoms with Crippen LogP contribution in [0.25, 0.3) is 0 Å². The van der Waals surface area contributed by atoms with Gasteiger partial charge in [0.05, 0.1) is 19.8 Å². The minimum atomic E-state index is 0. The largest absolute Gasteiger partial charge is 0.379 e. The summed E-state index contributed by atoms with van der Waals surface area (Å²) in [6.45, 7) is 11.5. The van der Waals surface area contributed by atoms with Gasteiger partial charge in [-0.1, -0.05) is 20.3 Å². The van der Waals surface area contributed by atoms with Gasteiger partial charge in [-0.05, 0) is 38.8 Å². The Hall–Kier alpha value is -0.120. The second-order valence-electron chi connectivity index (χ2n) is 6.26. The summed E-state index contributed by atoms with van der Waals surface area (Å²) in [5, 5.41) is 6.74. The summed E-state index contributed by atoms with van der Waals surface area (Å²) in [7, 11) is 1.81. The summed E-state index contributed by atoms with van der Waals surface area (Å²) in [6, 6.07) is 0.600. The maximum atomic E-state index is 5.56. The number of halogens is 1. The first-order valence-corrected chi connectivity index (χ1v) is 9.65. The molecule has 2 N–H and O–H groups in total. The molecule has 1 saturated heterocycles. The lowest BCUT2D eigenvalue weighted by Gasteiger charge is -2.27. The number of hydrogen-bond acceptors (Lipinski definition) is 4. The van der Waals surface area contributed by atoms with E-state index in [4.69, 9.17) is 9.47 Å². The van der Waals surface area contributed by atoms with Crippen LogP contribution in [0.15, 0.2) is 4.99 Å². The molecule has 0 aliphatic carbocycles. The van der Waals surface area contributed by atoms with Gasteiger partial charge in [-0.25, -0.2) is 0 Å². The van der Waals surface area contributed by atoms with Crippen molar-refractivity contribution >= 4 is 29.9 Å². The van der Waals surface area contributed by atoms with Crippen molar-refractivity contribution in [2.24, 2.45) is 4.99 Å². The van der Waals surface area contributed by atoms with Crippen molar-refractivity contribution in [3.8, 4) is 0 Å². The topological polar surface area (TPSA) is 58.1 Å². The first kappa shape index (κ1) is 24.9. The van der Waals surface area contributed by atoms with Gasteiger partial charge in [0.15, 0.2) is 5.96 Å². The van der Waals surface area contributed by atoms with E-state index in [1.807, 2.05) is 7.05 Å².